The number of likely N-dealkylation sites (N-methyl/N-ethyl adjacent to an activating group) is 1. The molecular weight excluding hydrogens is 340 g/mol. The van der Waals surface area contributed by atoms with Gasteiger partial charge in [0.2, 0.25) is 15.9 Å². The van der Waals surface area contributed by atoms with Crippen LogP contribution in [0.3, 0.4) is 0 Å². The van der Waals surface area contributed by atoms with Gasteiger partial charge < -0.3 is 9.64 Å². The van der Waals surface area contributed by atoms with Crippen molar-refractivity contribution in [3.63, 3.8) is 0 Å². The Morgan fingerprint density at radius 2 is 2.17 bits per heavy atom. The molecule has 1 saturated heterocycles. The highest BCUT2D eigenvalue weighted by Crippen LogP contribution is 2.26. The van der Waals surface area contributed by atoms with Gasteiger partial charge >= 0.3 is 0 Å². The van der Waals surface area contributed by atoms with E-state index in [1.807, 2.05) is 0 Å². The van der Waals surface area contributed by atoms with Gasteiger partial charge in [0, 0.05) is 30.7 Å². The van der Waals surface area contributed by atoms with Crippen molar-refractivity contribution in [1.29, 1.82) is 0 Å². The Hall–Kier alpha value is -1.31. The number of methoxy groups -OCH3 is 1. The molecular formula is C15H21ClN2O4S. The molecule has 0 bridgehead atoms. The number of sulfonamides is 1. The molecule has 2 rings (SSSR count). The summed E-state index contributed by atoms with van der Waals surface area (Å²) in [5.74, 6) is 0.426. The lowest BCUT2D eigenvalue weighted by Crippen LogP contribution is -2.45. The fourth-order valence-electron chi connectivity index (χ4n) is 2.84. The third-order valence-corrected chi connectivity index (χ3v) is 5.47. The summed E-state index contributed by atoms with van der Waals surface area (Å²) in [5.41, 5.74) is 0.778. The van der Waals surface area contributed by atoms with E-state index in [1.54, 1.807) is 32.4 Å². The number of carbonyl (C=O) groups is 1. The molecule has 1 aromatic rings. The Morgan fingerprint density at radius 1 is 1.48 bits per heavy atom. The normalized spacial score (nSPS) is 18.9. The van der Waals surface area contributed by atoms with Crippen molar-refractivity contribution in [1.82, 2.24) is 9.21 Å². The van der Waals surface area contributed by atoms with E-state index >= 15 is 0 Å². The number of amides is 1. The highest BCUT2D eigenvalue weighted by molar-refractivity contribution is 7.88. The van der Waals surface area contributed by atoms with Crippen molar-refractivity contribution in [2.45, 2.75) is 25.4 Å². The van der Waals surface area contributed by atoms with Crippen LogP contribution >= 0.6 is 11.6 Å². The van der Waals surface area contributed by atoms with Gasteiger partial charge in [0.25, 0.3) is 0 Å². The highest BCUT2D eigenvalue weighted by atomic mass is 35.5. The second kappa shape index (κ2) is 7.07. The smallest absolute Gasteiger partial charge is 0.241 e. The second-order valence-corrected chi connectivity index (χ2v) is 8.05. The summed E-state index contributed by atoms with van der Waals surface area (Å²) in [5, 5.41) is 0.556. The van der Waals surface area contributed by atoms with E-state index in [2.05, 4.69) is 0 Å². The molecule has 0 aliphatic carbocycles. The monoisotopic (exact) mass is 360 g/mol. The van der Waals surface area contributed by atoms with Crippen LogP contribution in [0.1, 0.15) is 18.4 Å². The van der Waals surface area contributed by atoms with Crippen molar-refractivity contribution in [2.24, 2.45) is 0 Å². The topological polar surface area (TPSA) is 66.9 Å². The van der Waals surface area contributed by atoms with Crippen molar-refractivity contribution >= 4 is 27.5 Å². The third kappa shape index (κ3) is 4.16. The number of benzene rings is 1. The maximum absolute atomic E-state index is 12.6. The molecule has 0 radical (unpaired) electrons. The number of halogens is 1. The van der Waals surface area contributed by atoms with Crippen LogP contribution in [0.15, 0.2) is 18.2 Å². The van der Waals surface area contributed by atoms with Gasteiger partial charge in [0.1, 0.15) is 11.8 Å². The van der Waals surface area contributed by atoms with Gasteiger partial charge in [-0.15, -0.1) is 0 Å². The molecule has 23 heavy (non-hydrogen) atoms. The van der Waals surface area contributed by atoms with Crippen LogP contribution in [0.25, 0.3) is 0 Å². The Morgan fingerprint density at radius 3 is 2.78 bits per heavy atom. The minimum absolute atomic E-state index is 0.213. The van der Waals surface area contributed by atoms with Crippen LogP contribution in [0.4, 0.5) is 0 Å². The number of ether oxygens (including phenoxy) is 1. The average molecular weight is 361 g/mol. The molecule has 0 spiro atoms. The predicted molar refractivity (Wildman–Crippen MR) is 89.0 cm³/mol. The number of hydrogen-bond donors (Lipinski definition) is 0. The molecule has 0 saturated carbocycles. The molecule has 1 atom stereocenters. The van der Waals surface area contributed by atoms with Crippen LogP contribution in [0, 0.1) is 0 Å². The summed E-state index contributed by atoms with van der Waals surface area (Å²) in [4.78, 5) is 14.2. The highest BCUT2D eigenvalue weighted by Gasteiger charge is 2.37. The summed E-state index contributed by atoms with van der Waals surface area (Å²) >= 11 is 6.00. The van der Waals surface area contributed by atoms with Gasteiger partial charge in [-0.25, -0.2) is 8.42 Å². The molecule has 8 heteroatoms. The summed E-state index contributed by atoms with van der Waals surface area (Å²) in [6.07, 6.45) is 2.37. The Kier molecular flexibility index (Phi) is 5.54. The Bertz CT molecular complexity index is 693. The zero-order chi connectivity index (χ0) is 17.2. The summed E-state index contributed by atoms with van der Waals surface area (Å²) in [7, 11) is -0.176. The average Bonchev–Trinajstić information content (AvgIpc) is 2.96. The molecule has 0 N–H and O–H groups in total. The molecule has 1 unspecified atom stereocenters. The summed E-state index contributed by atoms with van der Waals surface area (Å²) in [6, 6.07) is 4.58. The van der Waals surface area contributed by atoms with E-state index in [0.717, 1.165) is 11.8 Å². The fourth-order valence-corrected chi connectivity index (χ4v) is 4.16. The van der Waals surface area contributed by atoms with Gasteiger partial charge in [0.15, 0.2) is 0 Å². The Labute approximate surface area is 142 Å². The maximum atomic E-state index is 12.6. The minimum atomic E-state index is -3.38. The first-order chi connectivity index (χ1) is 10.7. The van der Waals surface area contributed by atoms with E-state index in [0.29, 0.717) is 36.7 Å². The standard InChI is InChI=1S/C15H21ClN2O4S/c1-17(10-11-9-12(16)6-7-14(11)22-2)15(19)13-5-4-8-18(13)23(3,20)21/h6-7,9,13H,4-5,8,10H2,1-3H3. The zero-order valence-corrected chi connectivity index (χ0v) is 15.0. The van der Waals surface area contributed by atoms with Crippen molar-refractivity contribution < 1.29 is 17.9 Å². The lowest BCUT2D eigenvalue weighted by atomic mass is 10.1. The first kappa shape index (κ1) is 18.0. The van der Waals surface area contributed by atoms with E-state index in [9.17, 15) is 13.2 Å². The van der Waals surface area contributed by atoms with Crippen LogP contribution < -0.4 is 4.74 Å². The largest absolute Gasteiger partial charge is 0.496 e. The SMILES string of the molecule is COc1ccc(Cl)cc1CN(C)C(=O)C1CCCN1S(C)(=O)=O. The van der Waals surface area contributed by atoms with Gasteiger partial charge in [0.05, 0.1) is 13.4 Å². The lowest BCUT2D eigenvalue weighted by molar-refractivity contribution is -0.133. The van der Waals surface area contributed by atoms with Crippen molar-refractivity contribution in [2.75, 3.05) is 27.0 Å². The van der Waals surface area contributed by atoms with Crippen LogP contribution in [-0.4, -0.2) is 56.5 Å². The molecule has 1 heterocycles. The minimum Gasteiger partial charge on any atom is -0.496 e. The second-order valence-electron chi connectivity index (χ2n) is 5.68. The van der Waals surface area contributed by atoms with Crippen LogP contribution in [0.2, 0.25) is 5.02 Å². The zero-order valence-electron chi connectivity index (χ0n) is 13.5. The molecule has 1 amide bonds. The van der Waals surface area contributed by atoms with Crippen LogP contribution in [-0.2, 0) is 21.4 Å². The van der Waals surface area contributed by atoms with E-state index < -0.39 is 16.1 Å². The van der Waals surface area contributed by atoms with Gasteiger partial charge in [-0.3, -0.25) is 4.79 Å². The Balaban J connectivity index is 2.16. The predicted octanol–water partition coefficient (Wildman–Crippen LogP) is 1.73. The molecule has 1 aromatic carbocycles. The van der Waals surface area contributed by atoms with Crippen molar-refractivity contribution in [3.8, 4) is 5.75 Å². The molecule has 1 fully saturated rings. The molecule has 0 aromatic heterocycles. The first-order valence-corrected chi connectivity index (χ1v) is 9.51. The molecule has 1 aliphatic heterocycles. The summed E-state index contributed by atoms with van der Waals surface area (Å²) in [6.45, 7) is 0.695. The molecule has 128 valence electrons. The fraction of sp³-hybridized carbons (Fsp3) is 0.533. The lowest BCUT2D eigenvalue weighted by Gasteiger charge is -2.27. The third-order valence-electron chi connectivity index (χ3n) is 3.94. The number of hydrogen-bond acceptors (Lipinski definition) is 4. The van der Waals surface area contributed by atoms with E-state index in [-0.39, 0.29) is 5.91 Å². The van der Waals surface area contributed by atoms with Gasteiger partial charge in [-0.2, -0.15) is 4.31 Å². The maximum Gasteiger partial charge on any atom is 0.241 e. The number of carbonyl (C=O) groups excluding carboxylic acids is 1. The molecule has 1 aliphatic rings. The number of nitrogens with zero attached hydrogens (tertiary/aromatic N) is 2. The molecule has 6 nitrogen and oxygen atoms in total. The van der Waals surface area contributed by atoms with Gasteiger partial charge in [-0.1, -0.05) is 11.6 Å². The van der Waals surface area contributed by atoms with Gasteiger partial charge in [-0.05, 0) is 31.0 Å². The van der Waals surface area contributed by atoms with E-state index in [4.69, 9.17) is 16.3 Å². The quantitative estimate of drug-likeness (QED) is 0.802. The summed E-state index contributed by atoms with van der Waals surface area (Å²) < 4.78 is 30.1. The first-order valence-electron chi connectivity index (χ1n) is 7.28. The van der Waals surface area contributed by atoms with Crippen LogP contribution in [0.5, 0.6) is 5.75 Å². The number of rotatable bonds is 5. The van der Waals surface area contributed by atoms with E-state index in [1.165, 1.54) is 9.21 Å². The van der Waals surface area contributed by atoms with Crippen molar-refractivity contribution in [3.05, 3.63) is 28.8 Å².